The van der Waals surface area contributed by atoms with Crippen molar-refractivity contribution in [2.24, 2.45) is 0 Å². The highest BCUT2D eigenvalue weighted by Crippen LogP contribution is 2.30. The van der Waals surface area contributed by atoms with Gasteiger partial charge in [-0.1, -0.05) is 53.5 Å². The van der Waals surface area contributed by atoms with Gasteiger partial charge in [0, 0.05) is 24.5 Å². The molecular weight excluding hydrogens is 419 g/mol. The van der Waals surface area contributed by atoms with Crippen LogP contribution >= 0.6 is 23.2 Å². The molecule has 0 spiro atoms. The van der Waals surface area contributed by atoms with Crippen LogP contribution in [-0.2, 0) is 21.2 Å². The molecule has 1 N–H and O–H groups in total. The Morgan fingerprint density at radius 1 is 1.07 bits per heavy atom. The Bertz CT molecular complexity index is 890. The van der Waals surface area contributed by atoms with Crippen LogP contribution in [0.15, 0.2) is 48.5 Å². The van der Waals surface area contributed by atoms with Crippen molar-refractivity contribution in [1.82, 2.24) is 5.32 Å². The first-order valence-corrected chi connectivity index (χ1v) is 11.6. The molecule has 0 aliphatic rings. The summed E-state index contributed by atoms with van der Waals surface area (Å²) >= 11 is 12.1. The van der Waals surface area contributed by atoms with Gasteiger partial charge in [0.05, 0.1) is 17.0 Å². The number of carbonyl (C=O) groups is 1. The van der Waals surface area contributed by atoms with E-state index in [1.165, 1.54) is 15.9 Å². The minimum atomic E-state index is -3.55. The molecule has 0 heterocycles. The normalized spacial score (nSPS) is 11.2. The number of halogens is 2. The Labute approximate surface area is 176 Å². The molecular formula is C20H24Cl2N2O3S. The van der Waals surface area contributed by atoms with Gasteiger partial charge in [0.1, 0.15) is 0 Å². The molecule has 2 aromatic carbocycles. The molecule has 0 aliphatic heterocycles. The second-order valence-electron chi connectivity index (χ2n) is 6.47. The number of benzene rings is 2. The molecule has 0 saturated carbocycles. The van der Waals surface area contributed by atoms with Crippen LogP contribution in [0.25, 0.3) is 0 Å². The topological polar surface area (TPSA) is 66.5 Å². The van der Waals surface area contributed by atoms with E-state index in [1.54, 1.807) is 12.1 Å². The number of anilines is 1. The van der Waals surface area contributed by atoms with Crippen molar-refractivity contribution < 1.29 is 13.2 Å². The summed E-state index contributed by atoms with van der Waals surface area (Å²) in [5.74, 6) is -0.0984. The third-order valence-electron chi connectivity index (χ3n) is 4.15. The van der Waals surface area contributed by atoms with E-state index in [2.05, 4.69) is 17.4 Å². The first-order chi connectivity index (χ1) is 13.3. The molecule has 0 unspecified atom stereocenters. The molecule has 28 heavy (non-hydrogen) atoms. The highest BCUT2D eigenvalue weighted by Gasteiger charge is 2.20. The zero-order valence-electron chi connectivity index (χ0n) is 15.7. The first-order valence-electron chi connectivity index (χ1n) is 9.01. The lowest BCUT2D eigenvalue weighted by Crippen LogP contribution is -2.32. The zero-order valence-corrected chi connectivity index (χ0v) is 18.0. The minimum Gasteiger partial charge on any atom is -0.356 e. The molecule has 0 bridgehead atoms. The lowest BCUT2D eigenvalue weighted by atomic mass is 10.1. The lowest BCUT2D eigenvalue weighted by molar-refractivity contribution is -0.121. The van der Waals surface area contributed by atoms with E-state index < -0.39 is 10.0 Å². The van der Waals surface area contributed by atoms with Crippen molar-refractivity contribution in [3.05, 3.63) is 64.1 Å². The molecule has 0 aliphatic carbocycles. The maximum absolute atomic E-state index is 12.1. The number of aryl methyl sites for hydroxylation is 1. The van der Waals surface area contributed by atoms with Gasteiger partial charge in [-0.2, -0.15) is 0 Å². The van der Waals surface area contributed by atoms with E-state index in [4.69, 9.17) is 23.2 Å². The molecule has 0 fully saturated rings. The van der Waals surface area contributed by atoms with Crippen molar-refractivity contribution in [2.75, 3.05) is 23.7 Å². The number of sulfonamides is 1. The summed E-state index contributed by atoms with van der Waals surface area (Å²) in [7, 11) is -3.55. The van der Waals surface area contributed by atoms with Crippen molar-refractivity contribution in [2.45, 2.75) is 25.7 Å². The van der Waals surface area contributed by atoms with Crippen LogP contribution in [0.5, 0.6) is 0 Å². The van der Waals surface area contributed by atoms with Gasteiger partial charge in [-0.15, -0.1) is 0 Å². The third kappa shape index (κ3) is 7.34. The standard InChI is InChI=1S/C20H24Cl2N2O3S/c1-28(26,27)24(19-15-17(21)11-12-18(19)22)14-6-10-20(25)23-13-5-9-16-7-3-2-4-8-16/h2-4,7-8,11-12,15H,5-6,9-10,13-14H2,1H3,(H,23,25). The van der Waals surface area contributed by atoms with E-state index in [1.807, 2.05) is 18.2 Å². The van der Waals surface area contributed by atoms with Crippen LogP contribution in [0.3, 0.4) is 0 Å². The Hall–Kier alpha value is -1.76. The van der Waals surface area contributed by atoms with Crippen LogP contribution in [0, 0.1) is 0 Å². The SMILES string of the molecule is CS(=O)(=O)N(CCCC(=O)NCCCc1ccccc1)c1cc(Cl)ccc1Cl. The fourth-order valence-corrected chi connectivity index (χ4v) is 4.18. The number of amides is 1. The van der Waals surface area contributed by atoms with E-state index in [9.17, 15) is 13.2 Å². The van der Waals surface area contributed by atoms with Gasteiger partial charge >= 0.3 is 0 Å². The second kappa shape index (κ2) is 10.7. The summed E-state index contributed by atoms with van der Waals surface area (Å²) in [4.78, 5) is 12.0. The van der Waals surface area contributed by atoms with Crippen LogP contribution in [0.4, 0.5) is 5.69 Å². The average Bonchev–Trinajstić information content (AvgIpc) is 2.64. The first kappa shape index (κ1) is 22.5. The number of nitrogens with one attached hydrogen (secondary N) is 1. The van der Waals surface area contributed by atoms with Gasteiger partial charge in [-0.3, -0.25) is 9.10 Å². The van der Waals surface area contributed by atoms with Gasteiger partial charge in [0.25, 0.3) is 0 Å². The molecule has 2 rings (SSSR count). The van der Waals surface area contributed by atoms with Crippen molar-refractivity contribution >= 4 is 44.8 Å². The average molecular weight is 443 g/mol. The molecule has 5 nitrogen and oxygen atoms in total. The van der Waals surface area contributed by atoms with Gasteiger partial charge in [0.2, 0.25) is 15.9 Å². The Morgan fingerprint density at radius 2 is 1.79 bits per heavy atom. The number of hydrogen-bond donors (Lipinski definition) is 1. The van der Waals surface area contributed by atoms with Crippen LogP contribution < -0.4 is 9.62 Å². The fourth-order valence-electron chi connectivity index (χ4n) is 2.78. The number of carbonyl (C=O) groups excluding carboxylic acids is 1. The monoisotopic (exact) mass is 442 g/mol. The molecule has 152 valence electrons. The summed E-state index contributed by atoms with van der Waals surface area (Å²) < 4.78 is 25.5. The summed E-state index contributed by atoms with van der Waals surface area (Å²) in [5.41, 5.74) is 1.55. The largest absolute Gasteiger partial charge is 0.356 e. The lowest BCUT2D eigenvalue weighted by Gasteiger charge is -2.23. The molecule has 0 atom stereocenters. The van der Waals surface area contributed by atoms with Crippen molar-refractivity contribution in [3.8, 4) is 0 Å². The smallest absolute Gasteiger partial charge is 0.232 e. The fraction of sp³-hybridized carbons (Fsp3) is 0.350. The number of hydrogen-bond acceptors (Lipinski definition) is 3. The zero-order chi connectivity index (χ0) is 20.6. The Kier molecular flexibility index (Phi) is 8.60. The molecule has 0 aromatic heterocycles. The van der Waals surface area contributed by atoms with Gasteiger partial charge < -0.3 is 5.32 Å². The molecule has 0 radical (unpaired) electrons. The van der Waals surface area contributed by atoms with Gasteiger partial charge in [-0.25, -0.2) is 8.42 Å². The van der Waals surface area contributed by atoms with Crippen LogP contribution in [-0.4, -0.2) is 33.7 Å². The number of nitrogens with zero attached hydrogens (tertiary/aromatic N) is 1. The van der Waals surface area contributed by atoms with E-state index >= 15 is 0 Å². The summed E-state index contributed by atoms with van der Waals surface area (Å²) in [6.45, 7) is 0.736. The van der Waals surface area contributed by atoms with Gasteiger partial charge in [-0.05, 0) is 43.0 Å². The third-order valence-corrected chi connectivity index (χ3v) is 5.88. The summed E-state index contributed by atoms with van der Waals surface area (Å²) in [6, 6.07) is 14.7. The summed E-state index contributed by atoms with van der Waals surface area (Å²) in [6.07, 6.45) is 3.46. The minimum absolute atomic E-state index is 0.0984. The maximum Gasteiger partial charge on any atom is 0.232 e. The molecule has 0 saturated heterocycles. The quantitative estimate of drug-likeness (QED) is 0.558. The maximum atomic E-state index is 12.1. The molecule has 1 amide bonds. The molecule has 2 aromatic rings. The van der Waals surface area contributed by atoms with Crippen molar-refractivity contribution in [3.63, 3.8) is 0 Å². The number of rotatable bonds is 10. The van der Waals surface area contributed by atoms with E-state index in [-0.39, 0.29) is 18.9 Å². The summed E-state index contributed by atoms with van der Waals surface area (Å²) in [5, 5.41) is 3.56. The highest BCUT2D eigenvalue weighted by molar-refractivity contribution is 7.92. The molecule has 8 heteroatoms. The Balaban J connectivity index is 1.80. The van der Waals surface area contributed by atoms with Crippen LogP contribution in [0.1, 0.15) is 24.8 Å². The van der Waals surface area contributed by atoms with Crippen molar-refractivity contribution in [1.29, 1.82) is 0 Å². The second-order valence-corrected chi connectivity index (χ2v) is 9.22. The van der Waals surface area contributed by atoms with Gasteiger partial charge in [0.15, 0.2) is 0 Å². The van der Waals surface area contributed by atoms with E-state index in [0.29, 0.717) is 28.7 Å². The van der Waals surface area contributed by atoms with Crippen LogP contribution in [0.2, 0.25) is 10.0 Å². The Morgan fingerprint density at radius 3 is 2.46 bits per heavy atom. The van der Waals surface area contributed by atoms with E-state index in [0.717, 1.165) is 19.1 Å². The predicted molar refractivity (Wildman–Crippen MR) is 116 cm³/mol. The predicted octanol–water partition coefficient (Wildman–Crippen LogP) is 4.29. The highest BCUT2D eigenvalue weighted by atomic mass is 35.5.